The number of aliphatic carboxylic acids is 1. The highest BCUT2D eigenvalue weighted by atomic mass is 79.9. The van der Waals surface area contributed by atoms with Crippen molar-refractivity contribution in [2.24, 2.45) is 0 Å². The number of amides is 1. The van der Waals surface area contributed by atoms with Gasteiger partial charge < -0.3 is 14.7 Å². The molecule has 0 aromatic heterocycles. The average molecular weight is 342 g/mol. The number of carboxylic acid groups (broad SMARTS) is 1. The Hall–Kier alpha value is -1.40. The first-order chi connectivity index (χ1) is 9.51. The summed E-state index contributed by atoms with van der Waals surface area (Å²) in [5, 5.41) is 9.20. The first-order valence-electron chi connectivity index (χ1n) is 6.30. The van der Waals surface area contributed by atoms with Gasteiger partial charge in [-0.1, -0.05) is 28.1 Å². The minimum atomic E-state index is -0.979. The van der Waals surface area contributed by atoms with Gasteiger partial charge in [-0.15, -0.1) is 0 Å². The molecule has 1 saturated heterocycles. The van der Waals surface area contributed by atoms with Crippen molar-refractivity contribution in [1.29, 1.82) is 0 Å². The third-order valence-electron chi connectivity index (χ3n) is 3.45. The molecular formula is C14H16BrNO4. The molecule has 0 bridgehead atoms. The number of methoxy groups -OCH3 is 1. The standard InChI is InChI=1S/C14H16BrNO4/c1-20-11-7-12(14(18)19)16(8-11)13(17)6-9-3-2-4-10(15)5-9/h2-5,11-12H,6-8H2,1H3,(H,18,19). The van der Waals surface area contributed by atoms with Gasteiger partial charge in [0.05, 0.1) is 12.5 Å². The molecule has 0 spiro atoms. The Morgan fingerprint density at radius 2 is 2.25 bits per heavy atom. The number of benzene rings is 1. The molecule has 6 heteroatoms. The van der Waals surface area contributed by atoms with Crippen LogP contribution < -0.4 is 0 Å². The molecule has 1 amide bonds. The third kappa shape index (κ3) is 3.37. The van der Waals surface area contributed by atoms with E-state index >= 15 is 0 Å². The molecule has 2 atom stereocenters. The summed E-state index contributed by atoms with van der Waals surface area (Å²) < 4.78 is 6.07. The predicted molar refractivity (Wildman–Crippen MR) is 76.4 cm³/mol. The number of hydrogen-bond donors (Lipinski definition) is 1. The van der Waals surface area contributed by atoms with Crippen molar-refractivity contribution in [2.75, 3.05) is 13.7 Å². The first kappa shape index (κ1) is 15.0. The number of hydrogen-bond acceptors (Lipinski definition) is 3. The van der Waals surface area contributed by atoms with Crippen LogP contribution in [0.2, 0.25) is 0 Å². The van der Waals surface area contributed by atoms with Crippen LogP contribution in [-0.4, -0.2) is 47.7 Å². The van der Waals surface area contributed by atoms with E-state index in [1.54, 1.807) is 0 Å². The molecule has 1 aliphatic rings. The summed E-state index contributed by atoms with van der Waals surface area (Å²) in [7, 11) is 1.53. The lowest BCUT2D eigenvalue weighted by Crippen LogP contribution is -2.41. The first-order valence-corrected chi connectivity index (χ1v) is 7.10. The van der Waals surface area contributed by atoms with Gasteiger partial charge in [-0.2, -0.15) is 0 Å². The number of ether oxygens (including phenoxy) is 1. The number of nitrogens with zero attached hydrogens (tertiary/aromatic N) is 1. The van der Waals surface area contributed by atoms with Crippen molar-refractivity contribution in [2.45, 2.75) is 25.0 Å². The molecule has 2 rings (SSSR count). The molecular weight excluding hydrogens is 326 g/mol. The molecule has 0 radical (unpaired) electrons. The minimum absolute atomic E-state index is 0.185. The normalized spacial score (nSPS) is 22.0. The van der Waals surface area contributed by atoms with E-state index in [1.165, 1.54) is 12.0 Å². The zero-order valence-corrected chi connectivity index (χ0v) is 12.7. The van der Waals surface area contributed by atoms with E-state index in [-0.39, 0.29) is 18.4 Å². The lowest BCUT2D eigenvalue weighted by atomic mass is 10.1. The van der Waals surface area contributed by atoms with Crippen LogP contribution in [0.5, 0.6) is 0 Å². The van der Waals surface area contributed by atoms with E-state index in [0.717, 1.165) is 10.0 Å². The topological polar surface area (TPSA) is 66.8 Å². The number of carbonyl (C=O) groups is 2. The Balaban J connectivity index is 2.09. The van der Waals surface area contributed by atoms with Crippen LogP contribution in [0.4, 0.5) is 0 Å². The van der Waals surface area contributed by atoms with E-state index < -0.39 is 12.0 Å². The van der Waals surface area contributed by atoms with Crippen LogP contribution in [0, 0.1) is 0 Å². The zero-order valence-electron chi connectivity index (χ0n) is 11.1. The number of rotatable bonds is 4. The molecule has 1 heterocycles. The van der Waals surface area contributed by atoms with Crippen molar-refractivity contribution in [3.8, 4) is 0 Å². The van der Waals surface area contributed by atoms with Crippen LogP contribution in [0.25, 0.3) is 0 Å². The van der Waals surface area contributed by atoms with Crippen LogP contribution >= 0.6 is 15.9 Å². The van der Waals surface area contributed by atoms with E-state index in [2.05, 4.69) is 15.9 Å². The maximum Gasteiger partial charge on any atom is 0.326 e. The summed E-state index contributed by atoms with van der Waals surface area (Å²) >= 11 is 3.35. The molecule has 1 N–H and O–H groups in total. The molecule has 0 aliphatic carbocycles. The quantitative estimate of drug-likeness (QED) is 0.904. The molecule has 5 nitrogen and oxygen atoms in total. The van der Waals surface area contributed by atoms with Crippen molar-refractivity contribution in [3.05, 3.63) is 34.3 Å². The zero-order chi connectivity index (χ0) is 14.7. The SMILES string of the molecule is COC1CC(C(=O)O)N(C(=O)Cc2cccc(Br)c2)C1. The summed E-state index contributed by atoms with van der Waals surface area (Å²) in [6.45, 7) is 0.334. The smallest absolute Gasteiger partial charge is 0.326 e. The van der Waals surface area contributed by atoms with E-state index in [1.807, 2.05) is 24.3 Å². The maximum atomic E-state index is 12.3. The highest BCUT2D eigenvalue weighted by Crippen LogP contribution is 2.22. The second kappa shape index (κ2) is 6.37. The van der Waals surface area contributed by atoms with Crippen molar-refractivity contribution in [1.82, 2.24) is 4.90 Å². The Bertz CT molecular complexity index is 520. The minimum Gasteiger partial charge on any atom is -0.480 e. The Morgan fingerprint density at radius 3 is 2.85 bits per heavy atom. The van der Waals surface area contributed by atoms with Gasteiger partial charge in [0, 0.05) is 24.5 Å². The monoisotopic (exact) mass is 341 g/mol. The number of carbonyl (C=O) groups excluding carboxylic acids is 1. The van der Waals surface area contributed by atoms with Crippen LogP contribution in [0.1, 0.15) is 12.0 Å². The predicted octanol–water partition coefficient (Wildman–Crippen LogP) is 1.69. The average Bonchev–Trinajstić information content (AvgIpc) is 2.83. The maximum absolute atomic E-state index is 12.3. The highest BCUT2D eigenvalue weighted by Gasteiger charge is 2.39. The van der Waals surface area contributed by atoms with Gasteiger partial charge in [0.25, 0.3) is 0 Å². The Kier molecular flexibility index (Phi) is 4.77. The fraction of sp³-hybridized carbons (Fsp3) is 0.429. The van der Waals surface area contributed by atoms with Gasteiger partial charge in [-0.3, -0.25) is 4.79 Å². The van der Waals surface area contributed by atoms with E-state index in [9.17, 15) is 14.7 Å². The highest BCUT2D eigenvalue weighted by molar-refractivity contribution is 9.10. The molecule has 1 aliphatic heterocycles. The Morgan fingerprint density at radius 1 is 1.50 bits per heavy atom. The number of halogens is 1. The summed E-state index contributed by atoms with van der Waals surface area (Å²) in [5.41, 5.74) is 0.856. The summed E-state index contributed by atoms with van der Waals surface area (Å²) in [5.74, 6) is -1.16. The molecule has 2 unspecified atom stereocenters. The summed E-state index contributed by atoms with van der Waals surface area (Å²) in [6.07, 6.45) is 0.331. The molecule has 1 aromatic rings. The molecule has 1 aromatic carbocycles. The van der Waals surface area contributed by atoms with Gasteiger partial charge in [0.2, 0.25) is 5.91 Å². The molecule has 0 saturated carbocycles. The Labute approximate surface area is 125 Å². The lowest BCUT2D eigenvalue weighted by Gasteiger charge is -2.21. The lowest BCUT2D eigenvalue weighted by molar-refractivity contribution is -0.148. The van der Waals surface area contributed by atoms with Crippen molar-refractivity contribution >= 4 is 27.8 Å². The number of carboxylic acids is 1. The number of likely N-dealkylation sites (tertiary alicyclic amines) is 1. The van der Waals surface area contributed by atoms with Gasteiger partial charge in [-0.05, 0) is 17.7 Å². The van der Waals surface area contributed by atoms with Gasteiger partial charge in [0.15, 0.2) is 0 Å². The second-order valence-corrected chi connectivity index (χ2v) is 5.72. The second-order valence-electron chi connectivity index (χ2n) is 4.80. The van der Waals surface area contributed by atoms with E-state index in [0.29, 0.717) is 13.0 Å². The molecule has 108 valence electrons. The van der Waals surface area contributed by atoms with Crippen LogP contribution in [-0.2, 0) is 20.7 Å². The van der Waals surface area contributed by atoms with Crippen LogP contribution in [0.3, 0.4) is 0 Å². The fourth-order valence-electron chi connectivity index (χ4n) is 2.40. The summed E-state index contributed by atoms with van der Waals surface area (Å²) in [4.78, 5) is 24.9. The van der Waals surface area contributed by atoms with Crippen molar-refractivity contribution < 1.29 is 19.4 Å². The van der Waals surface area contributed by atoms with E-state index in [4.69, 9.17) is 4.74 Å². The molecule has 20 heavy (non-hydrogen) atoms. The molecule has 1 fully saturated rings. The van der Waals surface area contributed by atoms with Gasteiger partial charge in [0.1, 0.15) is 6.04 Å². The largest absolute Gasteiger partial charge is 0.480 e. The third-order valence-corrected chi connectivity index (χ3v) is 3.94. The summed E-state index contributed by atoms with van der Waals surface area (Å²) in [6, 6.07) is 6.65. The van der Waals surface area contributed by atoms with Gasteiger partial charge >= 0.3 is 5.97 Å². The van der Waals surface area contributed by atoms with Crippen LogP contribution in [0.15, 0.2) is 28.7 Å². The van der Waals surface area contributed by atoms with Crippen molar-refractivity contribution in [3.63, 3.8) is 0 Å². The fourth-order valence-corrected chi connectivity index (χ4v) is 2.85. The van der Waals surface area contributed by atoms with Gasteiger partial charge in [-0.25, -0.2) is 4.79 Å².